The Morgan fingerprint density at radius 3 is 2.52 bits per heavy atom. The smallest absolute Gasteiger partial charge is 0.301 e. The monoisotopic (exact) mass is 885 g/mol. The fraction of sp³-hybridized carbons (Fsp3) is 0.455. The molecule has 19 heteroatoms. The lowest BCUT2D eigenvalue weighted by Crippen LogP contribution is -2.50. The fourth-order valence-electron chi connectivity index (χ4n) is 8.84. The normalized spacial score (nSPS) is 20.8. The third kappa shape index (κ3) is 9.59. The number of hydrogen-bond acceptors (Lipinski definition) is 12. The van der Waals surface area contributed by atoms with Gasteiger partial charge in [0.1, 0.15) is 29.2 Å². The van der Waals surface area contributed by atoms with E-state index in [4.69, 9.17) is 14.5 Å². The predicted octanol–water partition coefficient (Wildman–Crippen LogP) is 5.14. The van der Waals surface area contributed by atoms with Gasteiger partial charge in [-0.1, -0.05) is 13.0 Å². The van der Waals surface area contributed by atoms with Crippen LogP contribution in [-0.2, 0) is 29.3 Å². The summed E-state index contributed by atoms with van der Waals surface area (Å²) in [6, 6.07) is 13.2. The predicted molar refractivity (Wildman–Crippen MR) is 228 cm³/mol. The van der Waals surface area contributed by atoms with E-state index in [1.807, 2.05) is 11.0 Å². The first-order valence-corrected chi connectivity index (χ1v) is 22.6. The standard InChI is InChI=1S/C44H49F2N9O7S/c1-3-53(2)63(59,60)52-35-9-7-33(45)42(32(35)23-47)62-30-5-8-36-38(21-30)50-39(24-48-36)28-22-44(61-26-28)14-18-55(19-15-44)41(57)25-54-16-12-27(13-17-54)31-6-4-29(20-34(31)46)49-37-10-11-40(56)51-43(37)58/h4-9,20-21,24,27-28,37,49,52H,3,10-19,22,25-26H2,1-2H3,(H,51,56,58)/t28-,37?/m1/s1. The zero-order valence-corrected chi connectivity index (χ0v) is 35.8. The van der Waals surface area contributed by atoms with Gasteiger partial charge in [-0.2, -0.15) is 18.0 Å². The van der Waals surface area contributed by atoms with Gasteiger partial charge in [0.25, 0.3) is 0 Å². The Morgan fingerprint density at radius 1 is 1.03 bits per heavy atom. The highest BCUT2D eigenvalue weighted by Crippen LogP contribution is 2.43. The molecule has 332 valence electrons. The number of hydrogen-bond donors (Lipinski definition) is 3. The van der Waals surface area contributed by atoms with E-state index in [0.29, 0.717) is 100 Å². The average molecular weight is 886 g/mol. The number of halogens is 2. The van der Waals surface area contributed by atoms with E-state index in [2.05, 4.69) is 25.2 Å². The molecule has 0 bridgehead atoms. The van der Waals surface area contributed by atoms with Crippen molar-refractivity contribution in [2.75, 3.05) is 63.0 Å². The number of aromatic nitrogens is 2. The van der Waals surface area contributed by atoms with Crippen molar-refractivity contribution in [2.45, 2.75) is 75.3 Å². The van der Waals surface area contributed by atoms with Crippen LogP contribution in [0.5, 0.6) is 11.5 Å². The topological polar surface area (TPSA) is 199 Å². The fourth-order valence-corrected chi connectivity index (χ4v) is 9.79. The second-order valence-corrected chi connectivity index (χ2v) is 18.5. The molecule has 2 atom stereocenters. The number of imide groups is 1. The van der Waals surface area contributed by atoms with Gasteiger partial charge in [0.05, 0.1) is 41.2 Å². The third-order valence-corrected chi connectivity index (χ3v) is 14.2. The van der Waals surface area contributed by atoms with Crippen LogP contribution in [0.3, 0.4) is 0 Å². The maximum Gasteiger partial charge on any atom is 0.301 e. The maximum absolute atomic E-state index is 15.3. The summed E-state index contributed by atoms with van der Waals surface area (Å²) < 4.78 is 71.3. The molecule has 0 saturated carbocycles. The molecule has 0 aliphatic carbocycles. The molecule has 4 aliphatic rings. The van der Waals surface area contributed by atoms with Crippen LogP contribution in [-0.4, -0.2) is 115 Å². The minimum Gasteiger partial charge on any atom is -0.453 e. The maximum atomic E-state index is 15.3. The second-order valence-electron chi connectivity index (χ2n) is 16.7. The molecule has 4 saturated heterocycles. The molecule has 0 radical (unpaired) electrons. The van der Waals surface area contributed by atoms with E-state index in [0.717, 1.165) is 16.1 Å². The molecule has 63 heavy (non-hydrogen) atoms. The molecule has 3 amide bonds. The van der Waals surface area contributed by atoms with Crippen LogP contribution in [0, 0.1) is 23.0 Å². The van der Waals surface area contributed by atoms with E-state index < -0.39 is 39.3 Å². The van der Waals surface area contributed by atoms with Crippen LogP contribution in [0.2, 0.25) is 0 Å². The van der Waals surface area contributed by atoms with E-state index in [9.17, 15) is 28.1 Å². The van der Waals surface area contributed by atoms with Crippen LogP contribution in [0.1, 0.15) is 80.5 Å². The van der Waals surface area contributed by atoms with Gasteiger partial charge in [-0.15, -0.1) is 0 Å². The molecular formula is C44H49F2N9O7S. The van der Waals surface area contributed by atoms with Gasteiger partial charge in [0, 0.05) is 57.0 Å². The van der Waals surface area contributed by atoms with Gasteiger partial charge in [-0.3, -0.25) is 34.3 Å². The number of anilines is 2. The summed E-state index contributed by atoms with van der Waals surface area (Å²) in [7, 11) is -2.62. The minimum absolute atomic E-state index is 0.0153. The van der Waals surface area contributed by atoms with Crippen LogP contribution in [0.25, 0.3) is 11.0 Å². The SMILES string of the molecule is CCN(C)S(=O)(=O)Nc1ccc(F)c(Oc2ccc3ncc([C@H]4COC5(CCN(C(=O)CN6CCC(c7ccc(NC8CCC(=O)NC8=O)cc7F)CC6)CC5)C4)nc3c2)c1C#N. The Hall–Kier alpha value is -5.81. The summed E-state index contributed by atoms with van der Waals surface area (Å²) >= 11 is 0. The highest BCUT2D eigenvalue weighted by atomic mass is 32.2. The largest absolute Gasteiger partial charge is 0.453 e. The molecular weight excluding hydrogens is 837 g/mol. The van der Waals surface area contributed by atoms with Crippen molar-refractivity contribution in [2.24, 2.45) is 0 Å². The van der Waals surface area contributed by atoms with Crippen molar-refractivity contribution < 1.29 is 41.1 Å². The molecule has 16 nitrogen and oxygen atoms in total. The second kappa shape index (κ2) is 18.1. The van der Waals surface area contributed by atoms with Gasteiger partial charge in [-0.25, -0.2) is 13.8 Å². The van der Waals surface area contributed by atoms with Crippen LogP contribution in [0.4, 0.5) is 20.2 Å². The van der Waals surface area contributed by atoms with Crippen LogP contribution >= 0.6 is 0 Å². The Morgan fingerprint density at radius 2 is 1.81 bits per heavy atom. The van der Waals surface area contributed by atoms with Gasteiger partial charge < -0.3 is 19.7 Å². The lowest BCUT2D eigenvalue weighted by Gasteiger charge is -2.40. The molecule has 1 aromatic heterocycles. The number of likely N-dealkylation sites (tertiary alicyclic amines) is 2. The number of carbonyl (C=O) groups is 3. The molecule has 4 aliphatic heterocycles. The molecule has 1 unspecified atom stereocenters. The molecule has 8 rings (SSSR count). The first-order chi connectivity index (χ1) is 30.2. The summed E-state index contributed by atoms with van der Waals surface area (Å²) in [5.41, 5.74) is 2.05. The third-order valence-electron chi connectivity index (χ3n) is 12.7. The Labute approximate surface area is 364 Å². The number of amides is 3. The summed E-state index contributed by atoms with van der Waals surface area (Å²) in [5.74, 6) is -2.13. The Kier molecular flexibility index (Phi) is 12.6. The Bertz CT molecular complexity index is 2580. The molecule has 4 aromatic rings. The number of carbonyl (C=O) groups excluding carboxylic acids is 3. The van der Waals surface area contributed by atoms with Crippen molar-refractivity contribution in [1.29, 1.82) is 5.26 Å². The molecule has 3 N–H and O–H groups in total. The summed E-state index contributed by atoms with van der Waals surface area (Å²) in [4.78, 5) is 50.5. The number of piperidine rings is 3. The lowest BCUT2D eigenvalue weighted by atomic mass is 9.84. The lowest BCUT2D eigenvalue weighted by molar-refractivity contribution is -0.137. The van der Waals surface area contributed by atoms with Gasteiger partial charge in [-0.05, 0) is 99.5 Å². The highest BCUT2D eigenvalue weighted by molar-refractivity contribution is 7.90. The zero-order valence-electron chi connectivity index (χ0n) is 35.0. The van der Waals surface area contributed by atoms with E-state index in [1.165, 1.54) is 19.2 Å². The minimum atomic E-state index is -3.99. The van der Waals surface area contributed by atoms with Gasteiger partial charge in [0.15, 0.2) is 11.6 Å². The number of fused-ring (bicyclic) bond motifs is 1. The van der Waals surface area contributed by atoms with Crippen molar-refractivity contribution in [3.63, 3.8) is 0 Å². The highest BCUT2D eigenvalue weighted by Gasteiger charge is 2.44. The number of nitrogens with one attached hydrogen (secondary N) is 3. The van der Waals surface area contributed by atoms with E-state index in [1.54, 1.807) is 43.5 Å². The van der Waals surface area contributed by atoms with E-state index >= 15 is 8.78 Å². The van der Waals surface area contributed by atoms with Crippen molar-refractivity contribution >= 4 is 50.3 Å². The quantitative estimate of drug-likeness (QED) is 0.159. The summed E-state index contributed by atoms with van der Waals surface area (Å²) in [5, 5.41) is 15.2. The average Bonchev–Trinajstić information content (AvgIpc) is 3.68. The first kappa shape index (κ1) is 43.8. The Balaban J connectivity index is 0.831. The van der Waals surface area contributed by atoms with Gasteiger partial charge in [0.2, 0.25) is 17.7 Å². The summed E-state index contributed by atoms with van der Waals surface area (Å²) in [6.07, 6.45) is 5.81. The molecule has 3 aromatic carbocycles. The zero-order chi connectivity index (χ0) is 44.5. The number of rotatable bonds is 12. The van der Waals surface area contributed by atoms with E-state index in [-0.39, 0.29) is 59.4 Å². The van der Waals surface area contributed by atoms with Crippen molar-refractivity contribution in [3.8, 4) is 17.6 Å². The number of benzene rings is 3. The van der Waals surface area contributed by atoms with Crippen molar-refractivity contribution in [3.05, 3.63) is 83.2 Å². The summed E-state index contributed by atoms with van der Waals surface area (Å²) in [6.45, 7) is 5.03. The van der Waals surface area contributed by atoms with Crippen molar-refractivity contribution in [1.82, 2.24) is 29.4 Å². The molecule has 1 spiro atoms. The number of nitriles is 1. The number of nitrogens with zero attached hydrogens (tertiary/aromatic N) is 6. The number of ether oxygens (including phenoxy) is 2. The van der Waals surface area contributed by atoms with Gasteiger partial charge >= 0.3 is 10.2 Å². The van der Waals surface area contributed by atoms with Crippen LogP contribution < -0.4 is 20.1 Å². The molecule has 4 fully saturated rings. The molecule has 5 heterocycles. The first-order valence-electron chi connectivity index (χ1n) is 21.2. The van der Waals surface area contributed by atoms with Crippen LogP contribution in [0.15, 0.2) is 54.7 Å².